The van der Waals surface area contributed by atoms with Gasteiger partial charge >= 0.3 is 36.7 Å². The number of halogens is 1. The number of esters is 1. The van der Waals surface area contributed by atoms with Crippen LogP contribution in [0.1, 0.15) is 27.7 Å². The van der Waals surface area contributed by atoms with Crippen LogP contribution in [0.2, 0.25) is 0 Å². The minimum atomic E-state index is -0.853. The fourth-order valence-corrected chi connectivity index (χ4v) is 3.40. The summed E-state index contributed by atoms with van der Waals surface area (Å²) in [6.45, 7) is 7.14. The Balaban J connectivity index is 2.98. The van der Waals surface area contributed by atoms with Gasteiger partial charge in [0.15, 0.2) is 3.57 Å². The van der Waals surface area contributed by atoms with Gasteiger partial charge < -0.3 is 14.6 Å². The van der Waals surface area contributed by atoms with Crippen LogP contribution in [-0.2, 0) is 14.3 Å². The monoisotopic (exact) mass is 391 g/mol. The summed E-state index contributed by atoms with van der Waals surface area (Å²) in [5, 5.41) is 10.0. The van der Waals surface area contributed by atoms with Crippen LogP contribution in [0.5, 0.6) is 0 Å². The van der Waals surface area contributed by atoms with Crippen molar-refractivity contribution in [3.8, 4) is 0 Å². The van der Waals surface area contributed by atoms with Gasteiger partial charge in [0.25, 0.3) is 0 Å². The van der Waals surface area contributed by atoms with E-state index in [2.05, 4.69) is 0 Å². The summed E-state index contributed by atoms with van der Waals surface area (Å²) in [5.74, 6) is -0.822. The van der Waals surface area contributed by atoms with E-state index >= 15 is 0 Å². The number of aliphatic hydroxyl groups is 1. The molecular weight excluding hydrogens is 371 g/mol. The number of carbonyl (C=O) groups is 1. The van der Waals surface area contributed by atoms with Gasteiger partial charge in [-0.3, -0.25) is 0 Å². The molecular formula is C15H20IO4+. The Morgan fingerprint density at radius 3 is 2.10 bits per heavy atom. The Labute approximate surface area is 130 Å². The van der Waals surface area contributed by atoms with E-state index in [0.29, 0.717) is 0 Å². The zero-order chi connectivity index (χ0) is 15.1. The molecule has 0 saturated carbocycles. The van der Waals surface area contributed by atoms with Crippen LogP contribution in [0, 0.1) is 3.57 Å². The zero-order valence-electron chi connectivity index (χ0n) is 12.1. The molecule has 0 saturated heterocycles. The molecule has 0 spiro atoms. The second-order valence-corrected chi connectivity index (χ2v) is 7.49. The molecule has 0 atom stereocenters. The van der Waals surface area contributed by atoms with Gasteiger partial charge in [-0.1, -0.05) is 18.2 Å². The third kappa shape index (κ3) is 5.81. The molecule has 0 aliphatic carbocycles. The molecule has 0 aliphatic heterocycles. The third-order valence-electron chi connectivity index (χ3n) is 1.99. The Bertz CT molecular complexity index is 466. The molecule has 110 valence electrons. The van der Waals surface area contributed by atoms with Crippen molar-refractivity contribution >= 4 is 5.97 Å². The second kappa shape index (κ2) is 8.14. The van der Waals surface area contributed by atoms with Crippen molar-refractivity contribution in [2.45, 2.75) is 39.9 Å². The first-order valence-electron chi connectivity index (χ1n) is 6.41. The summed E-state index contributed by atoms with van der Waals surface area (Å²) in [7, 11) is 0. The van der Waals surface area contributed by atoms with Gasteiger partial charge in [-0.25, -0.2) is 4.79 Å². The van der Waals surface area contributed by atoms with E-state index in [1.807, 2.05) is 30.3 Å². The smallest absolute Gasteiger partial charge is 0.393 e. The number of carbonyl (C=O) groups excluding carboxylic acids is 1. The summed E-state index contributed by atoms with van der Waals surface area (Å²) in [5.41, 5.74) is 0. The van der Waals surface area contributed by atoms with Crippen molar-refractivity contribution in [1.82, 2.24) is 0 Å². The lowest BCUT2D eigenvalue weighted by Gasteiger charge is -2.09. The molecule has 1 aromatic carbocycles. The molecule has 0 aliphatic rings. The molecule has 1 aromatic rings. The predicted octanol–water partition coefficient (Wildman–Crippen LogP) is 0.0489. The molecule has 1 rings (SSSR count). The van der Waals surface area contributed by atoms with Crippen LogP contribution in [0.4, 0.5) is 0 Å². The molecule has 0 fully saturated rings. The van der Waals surface area contributed by atoms with E-state index in [-0.39, 0.29) is 21.7 Å². The number of rotatable bonds is 6. The summed E-state index contributed by atoms with van der Waals surface area (Å²) < 4.78 is 11.7. The minimum absolute atomic E-state index is 0.198. The molecule has 0 amide bonds. The fourth-order valence-electron chi connectivity index (χ4n) is 1.29. The van der Waals surface area contributed by atoms with E-state index in [4.69, 9.17) is 9.47 Å². The first-order chi connectivity index (χ1) is 9.40. The van der Waals surface area contributed by atoms with Crippen LogP contribution in [0.15, 0.2) is 39.9 Å². The highest BCUT2D eigenvalue weighted by Gasteiger charge is 2.35. The largest absolute Gasteiger partial charge is 0.477 e. The average molecular weight is 391 g/mol. The van der Waals surface area contributed by atoms with Gasteiger partial charge in [-0.05, 0) is 39.8 Å². The predicted molar refractivity (Wildman–Crippen MR) is 72.2 cm³/mol. The van der Waals surface area contributed by atoms with E-state index in [9.17, 15) is 9.90 Å². The number of benzene rings is 1. The van der Waals surface area contributed by atoms with Crippen molar-refractivity contribution < 1.29 is 40.6 Å². The third-order valence-corrected chi connectivity index (χ3v) is 4.78. The summed E-state index contributed by atoms with van der Waals surface area (Å²) in [6, 6.07) is 9.58. The highest BCUT2D eigenvalue weighted by Crippen LogP contribution is 2.03. The Kier molecular flexibility index (Phi) is 6.84. The summed E-state index contributed by atoms with van der Waals surface area (Å²) in [6.07, 6.45) is -0.430. The quantitative estimate of drug-likeness (QED) is 0.322. The first-order valence-corrected chi connectivity index (χ1v) is 8.56. The van der Waals surface area contributed by atoms with Crippen LogP contribution >= 0.6 is 0 Å². The topological polar surface area (TPSA) is 55.8 Å². The van der Waals surface area contributed by atoms with Crippen molar-refractivity contribution in [3.63, 3.8) is 0 Å². The maximum atomic E-state index is 12.1. The number of hydrogen-bond acceptors (Lipinski definition) is 4. The maximum absolute atomic E-state index is 12.1. The van der Waals surface area contributed by atoms with Crippen LogP contribution in [-0.4, -0.2) is 23.3 Å². The fraction of sp³-hybridized carbons (Fsp3) is 0.400. The van der Waals surface area contributed by atoms with Gasteiger partial charge in [0.1, 0.15) is 0 Å². The highest BCUT2D eigenvalue weighted by atomic mass is 127. The minimum Gasteiger partial charge on any atom is -0.477 e. The second-order valence-electron chi connectivity index (χ2n) is 4.63. The van der Waals surface area contributed by atoms with Crippen molar-refractivity contribution in [3.05, 3.63) is 43.4 Å². The Morgan fingerprint density at radius 2 is 1.60 bits per heavy atom. The lowest BCUT2D eigenvalue weighted by atomic mass is 10.4. The molecule has 0 aromatic heterocycles. The highest BCUT2D eigenvalue weighted by molar-refractivity contribution is 5.85. The lowest BCUT2D eigenvalue weighted by Crippen LogP contribution is -3.61. The number of hydrogen-bond donors (Lipinski definition) is 1. The van der Waals surface area contributed by atoms with Gasteiger partial charge in [0.2, 0.25) is 0 Å². The van der Waals surface area contributed by atoms with Crippen molar-refractivity contribution in [1.29, 1.82) is 0 Å². The van der Waals surface area contributed by atoms with E-state index < -0.39 is 27.2 Å². The molecule has 0 bridgehead atoms. The van der Waals surface area contributed by atoms with Crippen LogP contribution < -0.4 is 21.2 Å². The number of ether oxygens (including phenoxy) is 2. The molecule has 20 heavy (non-hydrogen) atoms. The SMILES string of the molecule is CC(C)OC(=O)/C([I+]c1ccccc1)=C(\O)OC(C)C. The molecule has 0 unspecified atom stereocenters. The maximum Gasteiger partial charge on any atom is 0.393 e. The average Bonchev–Trinajstić information content (AvgIpc) is 2.35. The first kappa shape index (κ1) is 16.8. The Hall–Kier alpha value is -1.24. The van der Waals surface area contributed by atoms with Gasteiger partial charge in [-0.15, -0.1) is 0 Å². The van der Waals surface area contributed by atoms with Gasteiger partial charge in [0.05, 0.1) is 12.2 Å². The lowest BCUT2D eigenvalue weighted by molar-refractivity contribution is -0.575. The molecule has 4 nitrogen and oxygen atoms in total. The number of aliphatic hydroxyl groups excluding tert-OH is 1. The molecule has 5 heteroatoms. The van der Waals surface area contributed by atoms with Crippen molar-refractivity contribution in [2.75, 3.05) is 0 Å². The van der Waals surface area contributed by atoms with E-state index in [0.717, 1.165) is 3.57 Å². The van der Waals surface area contributed by atoms with Gasteiger partial charge in [-0.2, -0.15) is 0 Å². The van der Waals surface area contributed by atoms with E-state index in [1.165, 1.54) is 0 Å². The van der Waals surface area contributed by atoms with E-state index in [1.54, 1.807) is 27.7 Å². The molecule has 0 heterocycles. The molecule has 1 N–H and O–H groups in total. The summed E-state index contributed by atoms with van der Waals surface area (Å²) >= 11 is -0.853. The Morgan fingerprint density at radius 1 is 1.05 bits per heavy atom. The standard InChI is InChI=1S/C15H19IO4/c1-10(2)19-14(17)13(15(18)20-11(3)4)16-12-8-6-5-7-9-12/h5-11H,1-4H3/p+1. The van der Waals surface area contributed by atoms with Crippen molar-refractivity contribution in [2.24, 2.45) is 0 Å². The van der Waals surface area contributed by atoms with Gasteiger partial charge in [0, 0.05) is 0 Å². The normalized spacial score (nSPS) is 12.3. The molecule has 0 radical (unpaired) electrons. The summed E-state index contributed by atoms with van der Waals surface area (Å²) in [4.78, 5) is 12.1. The van der Waals surface area contributed by atoms with Crippen LogP contribution in [0.3, 0.4) is 0 Å². The van der Waals surface area contributed by atoms with Crippen LogP contribution in [0.25, 0.3) is 0 Å². The zero-order valence-corrected chi connectivity index (χ0v) is 14.2.